The summed E-state index contributed by atoms with van der Waals surface area (Å²) in [5, 5.41) is 19.4. The molecule has 0 aliphatic rings. The van der Waals surface area contributed by atoms with Crippen LogP contribution < -0.4 is 11.1 Å². The predicted octanol–water partition coefficient (Wildman–Crippen LogP) is 2.10. The Kier molecular flexibility index (Phi) is 3.75. The molecule has 1 atom stereocenters. The minimum atomic E-state index is -0.313. The Morgan fingerprint density at radius 2 is 2.26 bits per heavy atom. The van der Waals surface area contributed by atoms with Crippen molar-refractivity contribution in [1.29, 1.82) is 5.26 Å². The number of rotatable bonds is 3. The van der Waals surface area contributed by atoms with Crippen LogP contribution in [0.3, 0.4) is 0 Å². The van der Waals surface area contributed by atoms with Gasteiger partial charge in [-0.15, -0.1) is 0 Å². The lowest BCUT2D eigenvalue weighted by Crippen LogP contribution is -2.14. The van der Waals surface area contributed by atoms with Crippen molar-refractivity contribution < 1.29 is 4.79 Å². The molecule has 0 spiro atoms. The molecule has 0 radical (unpaired) electrons. The second-order valence-electron chi connectivity index (χ2n) is 5.15. The summed E-state index contributed by atoms with van der Waals surface area (Å²) in [6.45, 7) is 1.79. The molecule has 3 rings (SSSR count). The van der Waals surface area contributed by atoms with Gasteiger partial charge >= 0.3 is 0 Å². The van der Waals surface area contributed by atoms with Crippen LogP contribution in [0.5, 0.6) is 0 Å². The number of aromatic amines is 1. The molecule has 114 valence electrons. The fourth-order valence-corrected chi connectivity index (χ4v) is 2.35. The van der Waals surface area contributed by atoms with E-state index in [4.69, 9.17) is 5.73 Å². The van der Waals surface area contributed by atoms with Crippen molar-refractivity contribution in [1.82, 2.24) is 15.2 Å². The van der Waals surface area contributed by atoms with Crippen molar-refractivity contribution in [2.45, 2.75) is 13.0 Å². The first-order valence-electron chi connectivity index (χ1n) is 6.99. The molecule has 7 nitrogen and oxygen atoms in total. The zero-order valence-electron chi connectivity index (χ0n) is 12.4. The van der Waals surface area contributed by atoms with Gasteiger partial charge in [-0.2, -0.15) is 10.4 Å². The van der Waals surface area contributed by atoms with Crippen LogP contribution in [0.4, 0.5) is 5.69 Å². The molecule has 0 aliphatic heterocycles. The normalized spacial score (nSPS) is 11.9. The fraction of sp³-hybridized carbons (Fsp3) is 0.125. The molecule has 0 bridgehead atoms. The van der Waals surface area contributed by atoms with E-state index >= 15 is 0 Å². The number of hydrogen-bond donors (Lipinski definition) is 3. The highest BCUT2D eigenvalue weighted by Crippen LogP contribution is 2.21. The lowest BCUT2D eigenvalue weighted by molar-refractivity contribution is 0.102. The molecule has 1 unspecified atom stereocenters. The number of nitrogens with zero attached hydrogens (tertiary/aromatic N) is 3. The average Bonchev–Trinajstić information content (AvgIpc) is 3.03. The summed E-state index contributed by atoms with van der Waals surface area (Å²) < 4.78 is 0. The van der Waals surface area contributed by atoms with Crippen LogP contribution in [0.25, 0.3) is 11.0 Å². The monoisotopic (exact) mass is 306 g/mol. The predicted molar refractivity (Wildman–Crippen MR) is 85.6 cm³/mol. The first kappa shape index (κ1) is 14.7. The van der Waals surface area contributed by atoms with E-state index < -0.39 is 0 Å². The zero-order valence-corrected chi connectivity index (χ0v) is 12.4. The van der Waals surface area contributed by atoms with Gasteiger partial charge in [-0.1, -0.05) is 6.07 Å². The molecule has 7 heteroatoms. The third-order valence-electron chi connectivity index (χ3n) is 3.53. The average molecular weight is 306 g/mol. The van der Waals surface area contributed by atoms with Gasteiger partial charge in [0.1, 0.15) is 0 Å². The number of carbonyl (C=O) groups excluding carboxylic acids is 1. The minimum absolute atomic E-state index is 0.271. The molecule has 0 aliphatic carbocycles. The number of nitriles is 1. The van der Waals surface area contributed by atoms with E-state index in [-0.39, 0.29) is 11.9 Å². The third-order valence-corrected chi connectivity index (χ3v) is 3.53. The number of anilines is 1. The largest absolute Gasteiger partial charge is 0.324 e. The maximum Gasteiger partial charge on any atom is 0.255 e. The molecular weight excluding hydrogens is 292 g/mol. The minimum Gasteiger partial charge on any atom is -0.324 e. The van der Waals surface area contributed by atoms with E-state index in [0.717, 1.165) is 0 Å². The fourth-order valence-electron chi connectivity index (χ4n) is 2.35. The van der Waals surface area contributed by atoms with Crippen molar-refractivity contribution in [2.24, 2.45) is 5.73 Å². The molecule has 1 aromatic carbocycles. The van der Waals surface area contributed by atoms with Gasteiger partial charge in [-0.05, 0) is 30.7 Å². The molecule has 23 heavy (non-hydrogen) atoms. The van der Waals surface area contributed by atoms with E-state index in [9.17, 15) is 10.1 Å². The first-order chi connectivity index (χ1) is 11.1. The van der Waals surface area contributed by atoms with Crippen molar-refractivity contribution in [3.8, 4) is 6.07 Å². The maximum absolute atomic E-state index is 12.4. The Labute approximate surface area is 132 Å². The zero-order chi connectivity index (χ0) is 16.4. The van der Waals surface area contributed by atoms with Crippen molar-refractivity contribution in [3.05, 3.63) is 53.3 Å². The van der Waals surface area contributed by atoms with Gasteiger partial charge < -0.3 is 11.1 Å². The molecule has 1 amide bonds. The van der Waals surface area contributed by atoms with Gasteiger partial charge in [0.2, 0.25) is 0 Å². The number of carbonyl (C=O) groups is 1. The summed E-state index contributed by atoms with van der Waals surface area (Å²) in [4.78, 5) is 16.5. The summed E-state index contributed by atoms with van der Waals surface area (Å²) in [7, 11) is 0. The highest BCUT2D eigenvalue weighted by Gasteiger charge is 2.13. The summed E-state index contributed by atoms with van der Waals surface area (Å²) in [6, 6.07) is 8.40. The molecule has 0 fully saturated rings. The summed E-state index contributed by atoms with van der Waals surface area (Å²) in [6.07, 6.45) is 3.17. The Bertz CT molecular complexity index is 922. The van der Waals surface area contributed by atoms with Crippen LogP contribution in [-0.4, -0.2) is 21.1 Å². The number of H-pyrrole nitrogens is 1. The highest BCUT2D eigenvalue weighted by molar-refractivity contribution is 6.08. The highest BCUT2D eigenvalue weighted by atomic mass is 16.1. The standard InChI is InChI=1S/C16H14N6O/c1-9(18)12-3-2-10(6-11(12)7-17)16(23)21-14-4-5-19-15-13(14)8-20-22-15/h2-6,8-9H,18H2,1H3,(H2,19,20,21,22,23). The van der Waals surface area contributed by atoms with E-state index in [1.165, 1.54) is 0 Å². The first-order valence-corrected chi connectivity index (χ1v) is 6.99. The summed E-state index contributed by atoms with van der Waals surface area (Å²) in [5.41, 5.74) is 8.51. The Hall–Kier alpha value is -3.24. The second-order valence-corrected chi connectivity index (χ2v) is 5.15. The van der Waals surface area contributed by atoms with Gasteiger partial charge in [-0.3, -0.25) is 9.89 Å². The Balaban J connectivity index is 1.92. The molecule has 3 aromatic rings. The number of aromatic nitrogens is 3. The molecule has 2 aromatic heterocycles. The topological polar surface area (TPSA) is 120 Å². The number of nitrogens with two attached hydrogens (primary N) is 1. The van der Waals surface area contributed by atoms with Crippen LogP contribution in [0.1, 0.15) is 34.5 Å². The van der Waals surface area contributed by atoms with Gasteiger partial charge in [0.15, 0.2) is 5.65 Å². The quantitative estimate of drug-likeness (QED) is 0.684. The smallest absolute Gasteiger partial charge is 0.255 e. The Morgan fingerprint density at radius 1 is 1.43 bits per heavy atom. The van der Waals surface area contributed by atoms with E-state index in [1.54, 1.807) is 43.6 Å². The van der Waals surface area contributed by atoms with E-state index in [2.05, 4.69) is 26.6 Å². The summed E-state index contributed by atoms with van der Waals surface area (Å²) >= 11 is 0. The maximum atomic E-state index is 12.4. The summed E-state index contributed by atoms with van der Waals surface area (Å²) in [5.74, 6) is -0.313. The number of fused-ring (bicyclic) bond motifs is 1. The van der Waals surface area contributed by atoms with Crippen LogP contribution in [0, 0.1) is 11.3 Å². The van der Waals surface area contributed by atoms with Crippen LogP contribution in [0.2, 0.25) is 0 Å². The van der Waals surface area contributed by atoms with Gasteiger partial charge in [-0.25, -0.2) is 4.98 Å². The number of hydrogen-bond acceptors (Lipinski definition) is 5. The lowest BCUT2D eigenvalue weighted by atomic mass is 10.00. The van der Waals surface area contributed by atoms with Gasteiger partial charge in [0.25, 0.3) is 5.91 Å². The number of pyridine rings is 1. The lowest BCUT2D eigenvalue weighted by Gasteiger charge is -2.10. The molecule has 0 saturated carbocycles. The molecule has 2 heterocycles. The third kappa shape index (κ3) is 2.75. The van der Waals surface area contributed by atoms with Crippen LogP contribution in [-0.2, 0) is 0 Å². The van der Waals surface area contributed by atoms with Crippen molar-refractivity contribution in [3.63, 3.8) is 0 Å². The van der Waals surface area contributed by atoms with Crippen molar-refractivity contribution in [2.75, 3.05) is 5.32 Å². The molecular formula is C16H14N6O. The second kappa shape index (κ2) is 5.87. The number of nitrogens with one attached hydrogen (secondary N) is 2. The van der Waals surface area contributed by atoms with Crippen LogP contribution >= 0.6 is 0 Å². The van der Waals surface area contributed by atoms with E-state index in [0.29, 0.717) is 33.4 Å². The van der Waals surface area contributed by atoms with Crippen molar-refractivity contribution >= 4 is 22.6 Å². The number of amides is 1. The molecule has 0 saturated heterocycles. The SMILES string of the molecule is CC(N)c1ccc(C(=O)Nc2ccnc3[nH]ncc23)cc1C#N. The van der Waals surface area contributed by atoms with Crippen LogP contribution in [0.15, 0.2) is 36.7 Å². The van der Waals surface area contributed by atoms with Gasteiger partial charge in [0.05, 0.1) is 28.9 Å². The number of benzene rings is 1. The van der Waals surface area contributed by atoms with E-state index in [1.807, 2.05) is 0 Å². The molecule has 4 N–H and O–H groups in total. The Morgan fingerprint density at radius 3 is 3.00 bits per heavy atom. The van der Waals surface area contributed by atoms with Gasteiger partial charge in [0, 0.05) is 17.8 Å².